The number of halogens is 1. The number of nitrogens with zero attached hydrogens (tertiary/aromatic N) is 1. The molecule has 0 fully saturated rings. The molecule has 0 saturated carbocycles. The predicted octanol–water partition coefficient (Wildman–Crippen LogP) is 1.70. The molecule has 0 radical (unpaired) electrons. The second-order valence-electron chi connectivity index (χ2n) is 2.03. The van der Waals surface area contributed by atoms with E-state index in [1.807, 2.05) is 0 Å². The summed E-state index contributed by atoms with van der Waals surface area (Å²) in [6.07, 6.45) is 0. The summed E-state index contributed by atoms with van der Waals surface area (Å²) in [4.78, 5) is 14.6. The largest absolute Gasteiger partial charge is 0.374 e. The summed E-state index contributed by atoms with van der Waals surface area (Å²) in [6, 6.07) is 5.04. The van der Waals surface area contributed by atoms with Gasteiger partial charge in [-0.15, -0.1) is 0 Å². The fourth-order valence-corrected chi connectivity index (χ4v) is 0.775. The van der Waals surface area contributed by atoms with Crippen molar-refractivity contribution >= 4 is 17.8 Å². The third-order valence-electron chi connectivity index (χ3n) is 1.17. The van der Waals surface area contributed by atoms with E-state index in [9.17, 15) is 4.79 Å². The van der Waals surface area contributed by atoms with Crippen LogP contribution in [-0.4, -0.2) is 11.0 Å². The van der Waals surface area contributed by atoms with Gasteiger partial charge in [-0.3, -0.25) is 0 Å². The van der Waals surface area contributed by atoms with Gasteiger partial charge in [-0.05, 0) is 19.1 Å². The van der Waals surface area contributed by atoms with Gasteiger partial charge in [0.15, 0.2) is 0 Å². The van der Waals surface area contributed by atoms with E-state index in [0.29, 0.717) is 0 Å². The Labute approximate surface area is 69.1 Å². The molecule has 0 atom stereocenters. The molecule has 0 saturated heterocycles. The summed E-state index contributed by atoms with van der Waals surface area (Å²) < 4.78 is 3.96. The molecule has 4 heteroatoms. The minimum atomic E-state index is -0.629. The number of hydrogen-bond donors (Lipinski definition) is 0. The first-order chi connectivity index (χ1) is 5.24. The van der Waals surface area contributed by atoms with Crippen molar-refractivity contribution in [2.24, 2.45) is 0 Å². The lowest BCUT2D eigenvalue weighted by molar-refractivity contribution is 0.0745. The number of rotatable bonds is 1. The van der Waals surface area contributed by atoms with Crippen LogP contribution >= 0.6 is 11.9 Å². The molecule has 0 bridgehead atoms. The molecule has 3 nitrogen and oxygen atoms in total. The van der Waals surface area contributed by atoms with Crippen molar-refractivity contribution in [3.63, 3.8) is 0 Å². The Balaban J connectivity index is 2.96. The average molecular weight is 172 g/mol. The van der Waals surface area contributed by atoms with Crippen LogP contribution in [0, 0.1) is 6.92 Å². The summed E-state index contributed by atoms with van der Waals surface area (Å²) >= 11 is 4.85. The number of carbonyl (C=O) groups is 1. The Kier molecular flexibility index (Phi) is 2.44. The van der Waals surface area contributed by atoms with Gasteiger partial charge < -0.3 is 4.29 Å². The minimum Gasteiger partial charge on any atom is -0.342 e. The molecule has 1 aromatic rings. The van der Waals surface area contributed by atoms with Gasteiger partial charge in [-0.1, -0.05) is 6.07 Å². The third kappa shape index (κ3) is 1.91. The Morgan fingerprint density at radius 3 is 2.91 bits per heavy atom. The predicted molar refractivity (Wildman–Crippen MR) is 40.2 cm³/mol. The molecule has 58 valence electrons. The summed E-state index contributed by atoms with van der Waals surface area (Å²) in [5.74, 6) is -0.629. The lowest BCUT2D eigenvalue weighted by Gasteiger charge is -1.95. The van der Waals surface area contributed by atoms with Crippen molar-refractivity contribution in [2.45, 2.75) is 6.92 Å². The van der Waals surface area contributed by atoms with Gasteiger partial charge >= 0.3 is 5.97 Å². The van der Waals surface area contributed by atoms with Gasteiger partial charge in [0, 0.05) is 5.69 Å². The second-order valence-corrected chi connectivity index (χ2v) is 2.18. The zero-order valence-electron chi connectivity index (χ0n) is 5.87. The van der Waals surface area contributed by atoms with Crippen molar-refractivity contribution in [1.82, 2.24) is 4.98 Å². The molecule has 0 aromatic carbocycles. The molecule has 0 spiro atoms. The van der Waals surface area contributed by atoms with E-state index < -0.39 is 5.97 Å². The third-order valence-corrected chi connectivity index (χ3v) is 1.31. The highest BCUT2D eigenvalue weighted by Gasteiger charge is 2.06. The molecular weight excluding hydrogens is 166 g/mol. The van der Waals surface area contributed by atoms with Gasteiger partial charge in [0.2, 0.25) is 0 Å². The first kappa shape index (κ1) is 8.01. The lowest BCUT2D eigenvalue weighted by atomic mass is 10.3. The summed E-state index contributed by atoms with van der Waals surface area (Å²) in [5, 5.41) is 0. The zero-order valence-corrected chi connectivity index (χ0v) is 6.63. The van der Waals surface area contributed by atoms with Crippen molar-refractivity contribution in [3.8, 4) is 0 Å². The van der Waals surface area contributed by atoms with Crippen LogP contribution in [0.15, 0.2) is 18.2 Å². The molecule has 0 aliphatic heterocycles. The van der Waals surface area contributed by atoms with E-state index in [1.165, 1.54) is 6.07 Å². The smallest absolute Gasteiger partial charge is 0.342 e. The average Bonchev–Trinajstić information content (AvgIpc) is 2.03. The second kappa shape index (κ2) is 3.34. The maximum atomic E-state index is 10.7. The standard InChI is InChI=1S/C7H6ClNO2/c1-5-3-2-4-6(9-5)7(10)11-8/h2-4H,1H3. The molecule has 1 rings (SSSR count). The molecule has 0 amide bonds. The SMILES string of the molecule is Cc1cccc(C(=O)OCl)n1. The van der Waals surface area contributed by atoms with Gasteiger partial charge in [-0.2, -0.15) is 0 Å². The number of pyridine rings is 1. The number of hydrogen-bond acceptors (Lipinski definition) is 3. The van der Waals surface area contributed by atoms with Crippen LogP contribution in [0.2, 0.25) is 0 Å². The number of aromatic nitrogens is 1. The molecule has 0 unspecified atom stereocenters. The Hall–Kier alpha value is -1.09. The quantitative estimate of drug-likeness (QED) is 0.646. The van der Waals surface area contributed by atoms with Crippen LogP contribution in [-0.2, 0) is 4.29 Å². The maximum Gasteiger partial charge on any atom is 0.374 e. The molecule has 0 aliphatic rings. The van der Waals surface area contributed by atoms with Crippen LogP contribution in [0.4, 0.5) is 0 Å². The molecular formula is C7H6ClNO2. The van der Waals surface area contributed by atoms with E-state index >= 15 is 0 Å². The number of carbonyl (C=O) groups excluding carboxylic acids is 1. The summed E-state index contributed by atoms with van der Waals surface area (Å²) in [6.45, 7) is 1.78. The van der Waals surface area contributed by atoms with Crippen molar-refractivity contribution in [3.05, 3.63) is 29.6 Å². The fourth-order valence-electron chi connectivity index (χ4n) is 0.696. The van der Waals surface area contributed by atoms with E-state index in [1.54, 1.807) is 19.1 Å². The molecule has 0 aliphatic carbocycles. The highest BCUT2D eigenvalue weighted by atomic mass is 35.5. The summed E-state index contributed by atoms with van der Waals surface area (Å²) in [5.41, 5.74) is 0.976. The Morgan fingerprint density at radius 2 is 2.36 bits per heavy atom. The van der Waals surface area contributed by atoms with Crippen LogP contribution in [0.1, 0.15) is 16.2 Å². The molecule has 0 N–H and O–H groups in total. The van der Waals surface area contributed by atoms with E-state index in [2.05, 4.69) is 9.27 Å². The van der Waals surface area contributed by atoms with Gasteiger partial charge in [0.05, 0.1) is 0 Å². The molecule has 1 aromatic heterocycles. The van der Waals surface area contributed by atoms with Gasteiger partial charge in [-0.25, -0.2) is 9.78 Å². The Bertz CT molecular complexity index is 275. The normalized spacial score (nSPS) is 9.27. The lowest BCUT2D eigenvalue weighted by Crippen LogP contribution is -2.01. The number of aryl methyl sites for hydroxylation is 1. The highest BCUT2D eigenvalue weighted by molar-refractivity contribution is 6.15. The van der Waals surface area contributed by atoms with Gasteiger partial charge in [0.1, 0.15) is 17.6 Å². The van der Waals surface area contributed by atoms with E-state index in [0.717, 1.165) is 5.69 Å². The first-order valence-electron chi connectivity index (χ1n) is 3.00. The van der Waals surface area contributed by atoms with E-state index in [4.69, 9.17) is 11.9 Å². The minimum absolute atomic E-state index is 0.222. The van der Waals surface area contributed by atoms with Crippen LogP contribution in [0.25, 0.3) is 0 Å². The highest BCUT2D eigenvalue weighted by Crippen LogP contribution is 2.00. The fraction of sp³-hybridized carbons (Fsp3) is 0.143. The van der Waals surface area contributed by atoms with Crippen molar-refractivity contribution < 1.29 is 9.08 Å². The molecule has 1 heterocycles. The first-order valence-corrected chi connectivity index (χ1v) is 3.31. The maximum absolute atomic E-state index is 10.7. The van der Waals surface area contributed by atoms with Gasteiger partial charge in [0.25, 0.3) is 0 Å². The van der Waals surface area contributed by atoms with Crippen LogP contribution in [0.5, 0.6) is 0 Å². The van der Waals surface area contributed by atoms with E-state index in [-0.39, 0.29) is 5.69 Å². The topological polar surface area (TPSA) is 39.2 Å². The van der Waals surface area contributed by atoms with Crippen molar-refractivity contribution in [1.29, 1.82) is 0 Å². The van der Waals surface area contributed by atoms with Crippen LogP contribution < -0.4 is 0 Å². The Morgan fingerprint density at radius 1 is 1.64 bits per heavy atom. The van der Waals surface area contributed by atoms with Crippen molar-refractivity contribution in [2.75, 3.05) is 0 Å². The monoisotopic (exact) mass is 171 g/mol. The molecule has 11 heavy (non-hydrogen) atoms. The zero-order chi connectivity index (χ0) is 8.27. The summed E-state index contributed by atoms with van der Waals surface area (Å²) in [7, 11) is 0. The van der Waals surface area contributed by atoms with Crippen LogP contribution in [0.3, 0.4) is 0 Å².